The Bertz CT molecular complexity index is 337. The third-order valence-electron chi connectivity index (χ3n) is 2.22. The van der Waals surface area contributed by atoms with Gasteiger partial charge in [-0.1, -0.05) is 18.2 Å². The molecule has 0 atom stereocenters. The van der Waals surface area contributed by atoms with Gasteiger partial charge >= 0.3 is 0 Å². The lowest BCUT2D eigenvalue weighted by molar-refractivity contribution is 0.172. The first-order valence-electron chi connectivity index (χ1n) is 5.01. The van der Waals surface area contributed by atoms with Crippen molar-refractivity contribution in [3.8, 4) is 0 Å². The van der Waals surface area contributed by atoms with Gasteiger partial charge in [0.2, 0.25) is 0 Å². The Morgan fingerprint density at radius 1 is 1.13 bits per heavy atom. The van der Waals surface area contributed by atoms with Crippen LogP contribution >= 0.6 is 0 Å². The summed E-state index contributed by atoms with van der Waals surface area (Å²) in [6.45, 7) is 1.11. The molecule has 0 aromatic heterocycles. The molecule has 3 rings (SSSR count). The van der Waals surface area contributed by atoms with Gasteiger partial charge in [0, 0.05) is 18.4 Å². The Morgan fingerprint density at radius 3 is 2.67 bits per heavy atom. The summed E-state index contributed by atoms with van der Waals surface area (Å²) in [6, 6.07) is 8.46. The molecule has 3 heteroatoms. The van der Waals surface area contributed by atoms with Crippen LogP contribution in [0.5, 0.6) is 0 Å². The van der Waals surface area contributed by atoms with E-state index in [0.29, 0.717) is 0 Å². The van der Waals surface area contributed by atoms with Gasteiger partial charge in [0.25, 0.3) is 0 Å². The lowest BCUT2D eigenvalue weighted by Crippen LogP contribution is -2.01. The molecule has 0 aliphatic carbocycles. The maximum absolute atomic E-state index is 4.55. The summed E-state index contributed by atoms with van der Waals surface area (Å²) in [5, 5.41) is 3.30. The largest absolute Gasteiger partial charge is 0.391 e. The van der Waals surface area contributed by atoms with E-state index < -0.39 is 0 Å². The van der Waals surface area contributed by atoms with E-state index in [9.17, 15) is 0 Å². The van der Waals surface area contributed by atoms with Gasteiger partial charge in [0.1, 0.15) is 6.26 Å². The zero-order valence-corrected chi connectivity index (χ0v) is 8.44. The number of benzene rings is 1. The van der Waals surface area contributed by atoms with Crippen LogP contribution in [0.1, 0.15) is 5.56 Å². The number of nitrogens with one attached hydrogen (secondary N) is 2. The monoisotopic (exact) mass is 202 g/mol. The molecule has 1 aromatic rings. The number of hydroxylamine groups is 1. The number of hydrogen-bond acceptors (Lipinski definition) is 3. The Kier molecular flexibility index (Phi) is 3.28. The minimum Gasteiger partial charge on any atom is -0.391 e. The average Bonchev–Trinajstić information content (AvgIpc) is 2.80. The van der Waals surface area contributed by atoms with Crippen LogP contribution in [0.4, 0.5) is 5.69 Å². The first kappa shape index (κ1) is 9.65. The summed E-state index contributed by atoms with van der Waals surface area (Å²) in [6.07, 6.45) is 8.12. The van der Waals surface area contributed by atoms with Gasteiger partial charge in [-0.15, -0.1) is 0 Å². The maximum Gasteiger partial charge on any atom is 0.119 e. The summed E-state index contributed by atoms with van der Waals surface area (Å²) in [4.78, 5) is 4.55. The molecule has 0 fully saturated rings. The Labute approximate surface area is 89.4 Å². The lowest BCUT2D eigenvalue weighted by Gasteiger charge is -1.97. The fourth-order valence-electron chi connectivity index (χ4n) is 1.50. The highest BCUT2D eigenvalue weighted by atomic mass is 16.6. The van der Waals surface area contributed by atoms with Crippen LogP contribution in [0.25, 0.3) is 0 Å². The number of fused-ring (bicyclic) bond motifs is 1. The molecule has 0 unspecified atom stereocenters. The molecule has 0 saturated heterocycles. The van der Waals surface area contributed by atoms with Crippen LogP contribution in [-0.4, -0.2) is 6.54 Å². The summed E-state index contributed by atoms with van der Waals surface area (Å²) in [5.41, 5.74) is 5.29. The van der Waals surface area contributed by atoms with Crippen LogP contribution < -0.4 is 10.8 Å². The van der Waals surface area contributed by atoms with E-state index in [4.69, 9.17) is 0 Å². The number of hydrogen-bond donors (Lipinski definition) is 2. The number of allylic oxidation sites excluding steroid dienone is 2. The fraction of sp³-hybridized carbons (Fsp3) is 0.167. The highest BCUT2D eigenvalue weighted by molar-refractivity contribution is 5.54. The summed E-state index contributed by atoms with van der Waals surface area (Å²) in [7, 11) is 0. The summed E-state index contributed by atoms with van der Waals surface area (Å²) < 4.78 is 0. The van der Waals surface area contributed by atoms with Crippen LogP contribution in [0.3, 0.4) is 0 Å². The molecular weight excluding hydrogens is 188 g/mol. The van der Waals surface area contributed by atoms with Gasteiger partial charge in [-0.2, -0.15) is 0 Å². The molecule has 2 aliphatic heterocycles. The second-order valence-electron chi connectivity index (χ2n) is 3.26. The molecule has 0 amide bonds. The smallest absolute Gasteiger partial charge is 0.119 e. The first-order valence-corrected chi connectivity index (χ1v) is 5.01. The van der Waals surface area contributed by atoms with Crippen molar-refractivity contribution < 1.29 is 4.84 Å². The summed E-state index contributed by atoms with van der Waals surface area (Å²) in [5.74, 6) is 0. The predicted molar refractivity (Wildman–Crippen MR) is 61.1 cm³/mol. The molecular formula is C12H14N2O. The third kappa shape index (κ3) is 2.77. The molecule has 3 nitrogen and oxygen atoms in total. The predicted octanol–water partition coefficient (Wildman–Crippen LogP) is 2.20. The topological polar surface area (TPSA) is 33.3 Å². The molecule has 1 aromatic carbocycles. The van der Waals surface area contributed by atoms with Crippen molar-refractivity contribution in [1.82, 2.24) is 5.48 Å². The third-order valence-corrected chi connectivity index (χ3v) is 2.22. The number of rotatable bonds is 0. The van der Waals surface area contributed by atoms with E-state index in [1.807, 2.05) is 6.08 Å². The van der Waals surface area contributed by atoms with Crippen LogP contribution in [0, 0.1) is 0 Å². The second-order valence-corrected chi connectivity index (χ2v) is 3.26. The molecule has 0 spiro atoms. The van der Waals surface area contributed by atoms with Crippen molar-refractivity contribution in [3.63, 3.8) is 0 Å². The van der Waals surface area contributed by atoms with E-state index >= 15 is 0 Å². The van der Waals surface area contributed by atoms with Gasteiger partial charge < -0.3 is 10.2 Å². The number of para-hydroxylation sites is 1. The van der Waals surface area contributed by atoms with Crippen LogP contribution in [-0.2, 0) is 11.3 Å². The Hall–Kier alpha value is -1.90. The van der Waals surface area contributed by atoms with Crippen molar-refractivity contribution in [3.05, 3.63) is 54.4 Å². The van der Waals surface area contributed by atoms with Gasteiger partial charge in [-0.3, -0.25) is 0 Å². The quantitative estimate of drug-likeness (QED) is 0.676. The molecule has 78 valence electrons. The van der Waals surface area contributed by atoms with E-state index in [1.54, 1.807) is 18.5 Å². The minimum atomic E-state index is 1.11. The highest BCUT2D eigenvalue weighted by Crippen LogP contribution is 2.19. The molecule has 0 radical (unpaired) electrons. The zero-order valence-electron chi connectivity index (χ0n) is 8.44. The normalized spacial score (nSPS) is 15.2. The Balaban J connectivity index is 0.000000124. The van der Waals surface area contributed by atoms with Crippen molar-refractivity contribution in [1.29, 1.82) is 0 Å². The molecule has 15 heavy (non-hydrogen) atoms. The first-order chi connectivity index (χ1) is 7.47. The van der Waals surface area contributed by atoms with Crippen molar-refractivity contribution in [2.45, 2.75) is 6.42 Å². The molecule has 2 N–H and O–H groups in total. The van der Waals surface area contributed by atoms with E-state index in [1.165, 1.54) is 17.7 Å². The average molecular weight is 202 g/mol. The van der Waals surface area contributed by atoms with Gasteiger partial charge in [-0.25, -0.2) is 5.48 Å². The van der Waals surface area contributed by atoms with Gasteiger partial charge in [0.05, 0.1) is 0 Å². The second kappa shape index (κ2) is 5.10. The van der Waals surface area contributed by atoms with Gasteiger partial charge in [-0.05, 0) is 30.2 Å². The number of anilines is 1. The van der Waals surface area contributed by atoms with Crippen LogP contribution in [0.2, 0.25) is 0 Å². The standard InChI is InChI=1S/C8H9N.C4H5NO/c1-2-4-8-7(3-1)5-6-9-8;1-2-4-6-5-3-1/h1-4,9H,5-6H2;1-5H. The molecule has 2 heterocycles. The van der Waals surface area contributed by atoms with Gasteiger partial charge in [0.15, 0.2) is 0 Å². The van der Waals surface area contributed by atoms with E-state index in [2.05, 4.69) is 39.9 Å². The molecule has 2 aliphatic rings. The molecule has 0 bridgehead atoms. The summed E-state index contributed by atoms with van der Waals surface area (Å²) >= 11 is 0. The minimum absolute atomic E-state index is 1.11. The fourth-order valence-corrected chi connectivity index (χ4v) is 1.50. The van der Waals surface area contributed by atoms with Crippen molar-refractivity contribution in [2.75, 3.05) is 11.9 Å². The maximum atomic E-state index is 4.55. The van der Waals surface area contributed by atoms with E-state index in [-0.39, 0.29) is 0 Å². The zero-order chi connectivity index (χ0) is 10.3. The van der Waals surface area contributed by atoms with E-state index in [0.717, 1.165) is 6.54 Å². The van der Waals surface area contributed by atoms with Crippen molar-refractivity contribution >= 4 is 5.69 Å². The molecule has 0 saturated carbocycles. The lowest BCUT2D eigenvalue weighted by atomic mass is 10.2. The van der Waals surface area contributed by atoms with Crippen LogP contribution in [0.15, 0.2) is 48.9 Å². The highest BCUT2D eigenvalue weighted by Gasteiger charge is 2.05. The Morgan fingerprint density at radius 2 is 2.07 bits per heavy atom. The SMILES string of the molecule is C1=CNOC=C1.c1ccc2c(c1)CCN2. The van der Waals surface area contributed by atoms with Crippen molar-refractivity contribution in [2.24, 2.45) is 0 Å².